The maximum Gasteiger partial charge on any atom is 0.334 e. The molecule has 2 aliphatic heterocycles. The first-order valence-corrected chi connectivity index (χ1v) is 8.92. The third-order valence-electron chi connectivity index (χ3n) is 5.40. The highest BCUT2D eigenvalue weighted by Gasteiger charge is 2.64. The van der Waals surface area contributed by atoms with Crippen LogP contribution in [0.1, 0.15) is 40.5 Å². The molecule has 6 nitrogen and oxygen atoms in total. The number of aliphatic hydroxyl groups excluding tert-OH is 1. The van der Waals surface area contributed by atoms with Gasteiger partial charge in [0.05, 0.1) is 11.5 Å². The van der Waals surface area contributed by atoms with Gasteiger partial charge in [0.15, 0.2) is 0 Å². The van der Waals surface area contributed by atoms with E-state index < -0.39 is 36.2 Å². The lowest BCUT2D eigenvalue weighted by Gasteiger charge is -2.31. The molecule has 0 radical (unpaired) electrons. The molecule has 0 aromatic carbocycles. The Kier molecular flexibility index (Phi) is 4.84. The zero-order valence-corrected chi connectivity index (χ0v) is 15.7. The van der Waals surface area contributed by atoms with E-state index in [0.29, 0.717) is 5.57 Å². The van der Waals surface area contributed by atoms with Crippen LogP contribution in [0.3, 0.4) is 0 Å². The molecule has 3 rings (SSSR count). The van der Waals surface area contributed by atoms with Gasteiger partial charge in [-0.15, -0.1) is 0 Å². The Morgan fingerprint density at radius 2 is 2.15 bits per heavy atom. The number of esters is 2. The van der Waals surface area contributed by atoms with Gasteiger partial charge in [0.1, 0.15) is 24.4 Å². The minimum absolute atomic E-state index is 0.204. The number of hydrogen-bond donors (Lipinski definition) is 1. The molecule has 0 bridgehead atoms. The molecule has 0 unspecified atom stereocenters. The number of allylic oxidation sites excluding steroid dienone is 2. The van der Waals surface area contributed by atoms with Gasteiger partial charge in [0.2, 0.25) is 0 Å². The van der Waals surface area contributed by atoms with Crippen LogP contribution in [0.15, 0.2) is 35.5 Å². The van der Waals surface area contributed by atoms with Gasteiger partial charge < -0.3 is 19.3 Å². The normalized spacial score (nSPS) is 41.1. The maximum atomic E-state index is 12.2. The number of fused-ring (bicyclic) bond motifs is 3. The van der Waals surface area contributed by atoms with E-state index in [1.54, 1.807) is 20.8 Å². The highest BCUT2D eigenvalue weighted by molar-refractivity contribution is 5.91. The standard InChI is InChI=1S/C20H26O6/c1-10(2)9-13(21)24-16-14-12(4)19(23)25-17(14)18-20(5,26-18)8-6-7-11(3)15(16)22/h7,9,14-18,22H,4,6,8H2,1-3,5H3/b11-7-/t14-,15-,16-,17+,18-,20+/m1/s1. The first-order chi connectivity index (χ1) is 12.1. The zero-order chi connectivity index (χ0) is 19.2. The van der Waals surface area contributed by atoms with Crippen molar-refractivity contribution in [3.63, 3.8) is 0 Å². The summed E-state index contributed by atoms with van der Waals surface area (Å²) in [4.78, 5) is 24.4. The minimum Gasteiger partial charge on any atom is -0.455 e. The van der Waals surface area contributed by atoms with Crippen LogP contribution in [0, 0.1) is 5.92 Å². The van der Waals surface area contributed by atoms with E-state index in [1.165, 1.54) is 6.08 Å². The van der Waals surface area contributed by atoms with Crippen LogP contribution in [-0.4, -0.2) is 47.1 Å². The molecule has 142 valence electrons. The molecule has 0 aromatic rings. The highest BCUT2D eigenvalue weighted by atomic mass is 16.6. The Labute approximate surface area is 153 Å². The Morgan fingerprint density at radius 3 is 2.81 bits per heavy atom. The second-order valence-electron chi connectivity index (χ2n) is 7.83. The summed E-state index contributed by atoms with van der Waals surface area (Å²) in [5.41, 5.74) is 1.29. The second-order valence-corrected chi connectivity index (χ2v) is 7.83. The Morgan fingerprint density at radius 1 is 1.46 bits per heavy atom. The van der Waals surface area contributed by atoms with E-state index in [4.69, 9.17) is 14.2 Å². The van der Waals surface area contributed by atoms with Crippen molar-refractivity contribution < 1.29 is 28.9 Å². The van der Waals surface area contributed by atoms with E-state index in [-0.39, 0.29) is 17.3 Å². The molecular weight excluding hydrogens is 336 g/mol. The predicted octanol–water partition coefficient (Wildman–Crippen LogP) is 2.22. The van der Waals surface area contributed by atoms with Crippen LogP contribution in [0.5, 0.6) is 0 Å². The highest BCUT2D eigenvalue weighted by Crippen LogP contribution is 2.50. The van der Waals surface area contributed by atoms with Crippen molar-refractivity contribution in [2.75, 3.05) is 0 Å². The van der Waals surface area contributed by atoms with Gasteiger partial charge in [-0.25, -0.2) is 9.59 Å². The molecule has 2 saturated heterocycles. The number of aliphatic hydroxyl groups is 1. The van der Waals surface area contributed by atoms with E-state index in [1.807, 2.05) is 13.0 Å². The summed E-state index contributed by atoms with van der Waals surface area (Å²) in [6.07, 6.45) is 1.84. The third-order valence-corrected chi connectivity index (χ3v) is 5.40. The first-order valence-electron chi connectivity index (χ1n) is 8.92. The van der Waals surface area contributed by atoms with Gasteiger partial charge in [-0.05, 0) is 46.1 Å². The molecule has 26 heavy (non-hydrogen) atoms. The van der Waals surface area contributed by atoms with Gasteiger partial charge in [-0.2, -0.15) is 0 Å². The SMILES string of the molecule is C=C1C(=O)O[C@H]2[C@H]1[C@@H](OC(=O)C=C(C)C)[C@H](O)/C(C)=C\CC[C@]1(C)O[C@H]21. The Hall–Kier alpha value is -1.92. The average molecular weight is 362 g/mol. The fraction of sp³-hybridized carbons (Fsp3) is 0.600. The molecule has 6 heteroatoms. The fourth-order valence-corrected chi connectivity index (χ4v) is 3.82. The Bertz CT molecular complexity index is 701. The van der Waals surface area contributed by atoms with Crippen molar-refractivity contribution >= 4 is 11.9 Å². The Balaban J connectivity index is 1.99. The van der Waals surface area contributed by atoms with Gasteiger partial charge in [-0.3, -0.25) is 0 Å². The summed E-state index contributed by atoms with van der Waals surface area (Å²) in [6, 6.07) is 0. The van der Waals surface area contributed by atoms with Crippen LogP contribution >= 0.6 is 0 Å². The van der Waals surface area contributed by atoms with Gasteiger partial charge >= 0.3 is 11.9 Å². The smallest absolute Gasteiger partial charge is 0.334 e. The van der Waals surface area contributed by atoms with Crippen LogP contribution in [0.25, 0.3) is 0 Å². The van der Waals surface area contributed by atoms with Crippen molar-refractivity contribution in [1.82, 2.24) is 0 Å². The summed E-state index contributed by atoms with van der Waals surface area (Å²) in [7, 11) is 0. The summed E-state index contributed by atoms with van der Waals surface area (Å²) in [6.45, 7) is 11.2. The predicted molar refractivity (Wildman–Crippen MR) is 94.1 cm³/mol. The maximum absolute atomic E-state index is 12.2. The van der Waals surface area contributed by atoms with Crippen molar-refractivity contribution in [3.8, 4) is 0 Å². The van der Waals surface area contributed by atoms with Crippen LogP contribution in [0.4, 0.5) is 0 Å². The lowest BCUT2D eigenvalue weighted by molar-refractivity contribution is -0.153. The van der Waals surface area contributed by atoms with Gasteiger partial charge in [0.25, 0.3) is 0 Å². The van der Waals surface area contributed by atoms with E-state index in [9.17, 15) is 14.7 Å². The summed E-state index contributed by atoms with van der Waals surface area (Å²) in [5, 5.41) is 10.8. The van der Waals surface area contributed by atoms with Crippen molar-refractivity contribution in [3.05, 3.63) is 35.5 Å². The molecular formula is C20H26O6. The van der Waals surface area contributed by atoms with E-state index in [2.05, 4.69) is 6.58 Å². The van der Waals surface area contributed by atoms with Crippen LogP contribution < -0.4 is 0 Å². The van der Waals surface area contributed by atoms with Crippen LogP contribution in [0.2, 0.25) is 0 Å². The van der Waals surface area contributed by atoms with Crippen molar-refractivity contribution in [2.24, 2.45) is 5.92 Å². The number of epoxide rings is 1. The quantitative estimate of drug-likeness (QED) is 0.351. The number of hydrogen-bond acceptors (Lipinski definition) is 6. The topological polar surface area (TPSA) is 85.4 Å². The fourth-order valence-electron chi connectivity index (χ4n) is 3.82. The minimum atomic E-state index is -1.05. The molecule has 2 fully saturated rings. The zero-order valence-electron chi connectivity index (χ0n) is 15.7. The molecule has 0 aromatic heterocycles. The van der Waals surface area contributed by atoms with Crippen molar-refractivity contribution in [2.45, 2.75) is 70.6 Å². The largest absolute Gasteiger partial charge is 0.455 e. The summed E-state index contributed by atoms with van der Waals surface area (Å²) >= 11 is 0. The lowest BCUT2D eigenvalue weighted by Crippen LogP contribution is -2.45. The molecule has 6 atom stereocenters. The van der Waals surface area contributed by atoms with Crippen LogP contribution in [-0.2, 0) is 23.8 Å². The molecule has 2 heterocycles. The van der Waals surface area contributed by atoms with Gasteiger partial charge in [0, 0.05) is 11.6 Å². The molecule has 0 saturated carbocycles. The average Bonchev–Trinajstić information content (AvgIpc) is 3.12. The number of carbonyl (C=O) groups is 2. The van der Waals surface area contributed by atoms with Crippen molar-refractivity contribution in [1.29, 1.82) is 0 Å². The monoisotopic (exact) mass is 362 g/mol. The first kappa shape index (κ1) is 18.9. The number of rotatable bonds is 2. The van der Waals surface area contributed by atoms with E-state index >= 15 is 0 Å². The number of ether oxygens (including phenoxy) is 3. The molecule has 1 N–H and O–H groups in total. The number of carbonyl (C=O) groups excluding carboxylic acids is 2. The third kappa shape index (κ3) is 3.35. The van der Waals surface area contributed by atoms with Gasteiger partial charge in [-0.1, -0.05) is 18.2 Å². The van der Waals surface area contributed by atoms with E-state index in [0.717, 1.165) is 18.4 Å². The molecule has 1 aliphatic carbocycles. The summed E-state index contributed by atoms with van der Waals surface area (Å²) < 4.78 is 17.0. The lowest BCUT2D eigenvalue weighted by atomic mass is 9.81. The second kappa shape index (κ2) is 6.67. The summed E-state index contributed by atoms with van der Waals surface area (Å²) in [5.74, 6) is -1.75. The molecule has 3 aliphatic rings. The molecule has 0 spiro atoms. The molecule has 0 amide bonds.